The predicted octanol–water partition coefficient (Wildman–Crippen LogP) is 3.65. The molecule has 0 atom stereocenters. The highest BCUT2D eigenvalue weighted by Gasteiger charge is 2.19. The van der Waals surface area contributed by atoms with Crippen LogP contribution in [0, 0.1) is 21.4 Å². The van der Waals surface area contributed by atoms with E-state index in [0.717, 1.165) is 36.1 Å². The Kier molecular flexibility index (Phi) is 6.91. The number of thioether (sulfide) groups is 1. The Morgan fingerprint density at radius 2 is 1.94 bits per heavy atom. The molecular formula is C19H13N5O5S2. The molecule has 12 heteroatoms. The lowest BCUT2D eigenvalue weighted by molar-refractivity contribution is -0.384. The molecule has 0 unspecified atom stereocenters. The summed E-state index contributed by atoms with van der Waals surface area (Å²) in [5.74, 6) is -0.870. The average Bonchev–Trinajstić information content (AvgIpc) is 3.24. The van der Waals surface area contributed by atoms with Crippen LogP contribution < -0.4 is 5.32 Å². The first-order valence-electron chi connectivity index (χ1n) is 8.54. The third kappa shape index (κ3) is 5.62. The lowest BCUT2D eigenvalue weighted by Crippen LogP contribution is -2.14. The van der Waals surface area contributed by atoms with Crippen LogP contribution >= 0.6 is 23.1 Å². The number of nitro groups is 1. The highest BCUT2D eigenvalue weighted by molar-refractivity contribution is 8.00. The van der Waals surface area contributed by atoms with Crippen molar-refractivity contribution >= 4 is 45.8 Å². The molecule has 0 radical (unpaired) electrons. The summed E-state index contributed by atoms with van der Waals surface area (Å²) in [6.07, 6.45) is 0. The smallest absolute Gasteiger partial charge is 0.338 e. The van der Waals surface area contributed by atoms with Crippen molar-refractivity contribution in [2.45, 2.75) is 10.1 Å². The van der Waals surface area contributed by atoms with Crippen LogP contribution in [0.1, 0.15) is 31.8 Å². The fourth-order valence-corrected chi connectivity index (χ4v) is 4.09. The minimum Gasteiger partial charge on any atom is -0.465 e. The fourth-order valence-electron chi connectivity index (χ4n) is 2.39. The standard InChI is InChI=1S/C19H13N5O5S2/c1-29-17(26)14-6-13(7-15(8-14)24(27)28)16(25)21-18-22-23-19(31-18)30-10-12-4-2-11(9-20)3-5-12/h2-8H,10H2,1H3,(H,21,22,25). The summed E-state index contributed by atoms with van der Waals surface area (Å²) >= 11 is 2.55. The number of benzene rings is 2. The zero-order valence-corrected chi connectivity index (χ0v) is 17.5. The topological polar surface area (TPSA) is 148 Å². The van der Waals surface area contributed by atoms with Gasteiger partial charge in [-0.15, -0.1) is 10.2 Å². The number of nitrogens with one attached hydrogen (secondary N) is 1. The van der Waals surface area contributed by atoms with Crippen LogP contribution in [0.15, 0.2) is 46.8 Å². The van der Waals surface area contributed by atoms with Crippen LogP contribution in [0.4, 0.5) is 10.8 Å². The summed E-state index contributed by atoms with van der Waals surface area (Å²) in [7, 11) is 1.14. The molecule has 0 saturated heterocycles. The summed E-state index contributed by atoms with van der Waals surface area (Å²) in [5, 5.41) is 30.6. The van der Waals surface area contributed by atoms with E-state index in [1.165, 1.54) is 17.8 Å². The summed E-state index contributed by atoms with van der Waals surface area (Å²) < 4.78 is 5.18. The van der Waals surface area contributed by atoms with E-state index < -0.39 is 22.5 Å². The van der Waals surface area contributed by atoms with Gasteiger partial charge in [0.25, 0.3) is 11.6 Å². The van der Waals surface area contributed by atoms with Crippen molar-refractivity contribution in [2.75, 3.05) is 12.4 Å². The number of hydrogen-bond acceptors (Lipinski definition) is 10. The van der Waals surface area contributed by atoms with Gasteiger partial charge in [0.15, 0.2) is 4.34 Å². The second-order valence-electron chi connectivity index (χ2n) is 5.94. The maximum Gasteiger partial charge on any atom is 0.338 e. The first kappa shape index (κ1) is 21.9. The van der Waals surface area contributed by atoms with Gasteiger partial charge in [-0.2, -0.15) is 5.26 Å². The Hall–Kier alpha value is -3.82. The number of nitrogens with zero attached hydrogens (tertiary/aromatic N) is 4. The highest BCUT2D eigenvalue weighted by Crippen LogP contribution is 2.29. The average molecular weight is 455 g/mol. The van der Waals surface area contributed by atoms with Crippen LogP contribution in [0.25, 0.3) is 0 Å². The summed E-state index contributed by atoms with van der Waals surface area (Å²) in [6, 6.07) is 12.5. The summed E-state index contributed by atoms with van der Waals surface area (Å²) in [5.41, 5.74) is 0.959. The number of nitriles is 1. The molecule has 10 nitrogen and oxygen atoms in total. The Morgan fingerprint density at radius 3 is 2.58 bits per heavy atom. The number of non-ortho nitro benzene ring substituents is 1. The maximum absolute atomic E-state index is 12.5. The Balaban J connectivity index is 1.69. The second kappa shape index (κ2) is 9.79. The third-order valence-corrected chi connectivity index (χ3v) is 5.93. The Morgan fingerprint density at radius 1 is 1.23 bits per heavy atom. The predicted molar refractivity (Wildman–Crippen MR) is 113 cm³/mol. The van der Waals surface area contributed by atoms with E-state index in [-0.39, 0.29) is 16.3 Å². The SMILES string of the molecule is COC(=O)c1cc(C(=O)Nc2nnc(SCc3ccc(C#N)cc3)s2)cc([N+](=O)[O-])c1. The van der Waals surface area contributed by atoms with Gasteiger partial charge >= 0.3 is 5.97 Å². The van der Waals surface area contributed by atoms with Crippen molar-refractivity contribution in [1.82, 2.24) is 10.2 Å². The molecule has 1 aromatic heterocycles. The molecule has 3 aromatic rings. The molecule has 0 aliphatic heterocycles. The molecule has 2 aromatic carbocycles. The van der Waals surface area contributed by atoms with E-state index in [1.807, 2.05) is 12.1 Å². The van der Waals surface area contributed by atoms with Gasteiger partial charge in [-0.1, -0.05) is 35.2 Å². The van der Waals surface area contributed by atoms with Crippen LogP contribution in [-0.2, 0) is 10.5 Å². The number of carbonyl (C=O) groups is 2. The van der Waals surface area contributed by atoms with Gasteiger partial charge < -0.3 is 4.74 Å². The van der Waals surface area contributed by atoms with Crippen LogP contribution in [-0.4, -0.2) is 34.1 Å². The number of rotatable bonds is 7. The second-order valence-corrected chi connectivity index (χ2v) is 8.14. The first-order chi connectivity index (χ1) is 14.9. The zero-order chi connectivity index (χ0) is 22.4. The Labute approximate surface area is 184 Å². The molecule has 1 N–H and O–H groups in total. The monoisotopic (exact) mass is 455 g/mol. The van der Waals surface area contributed by atoms with Crippen LogP contribution in [0.5, 0.6) is 0 Å². The van der Waals surface area contributed by atoms with Crippen molar-refractivity contribution in [3.05, 3.63) is 74.8 Å². The van der Waals surface area contributed by atoms with E-state index in [2.05, 4.69) is 26.3 Å². The van der Waals surface area contributed by atoms with Crippen molar-refractivity contribution in [3.63, 3.8) is 0 Å². The number of anilines is 1. The molecule has 0 aliphatic carbocycles. The minimum absolute atomic E-state index is 0.0865. The molecule has 1 heterocycles. The molecule has 31 heavy (non-hydrogen) atoms. The van der Waals surface area contributed by atoms with Crippen molar-refractivity contribution in [3.8, 4) is 6.07 Å². The van der Waals surface area contributed by atoms with E-state index in [4.69, 9.17) is 5.26 Å². The van der Waals surface area contributed by atoms with E-state index in [1.54, 1.807) is 12.1 Å². The molecule has 156 valence electrons. The van der Waals surface area contributed by atoms with Gasteiger partial charge in [0.2, 0.25) is 5.13 Å². The summed E-state index contributed by atoms with van der Waals surface area (Å²) in [4.78, 5) is 34.7. The number of nitro benzene ring substituents is 1. The number of methoxy groups -OCH3 is 1. The van der Waals surface area contributed by atoms with E-state index >= 15 is 0 Å². The van der Waals surface area contributed by atoms with Gasteiger partial charge in [-0.3, -0.25) is 20.2 Å². The van der Waals surface area contributed by atoms with Gasteiger partial charge in [0, 0.05) is 23.4 Å². The largest absolute Gasteiger partial charge is 0.465 e. The normalized spacial score (nSPS) is 10.2. The fraction of sp³-hybridized carbons (Fsp3) is 0.105. The zero-order valence-electron chi connectivity index (χ0n) is 15.9. The molecule has 0 saturated carbocycles. The minimum atomic E-state index is -0.796. The van der Waals surface area contributed by atoms with E-state index in [0.29, 0.717) is 15.7 Å². The maximum atomic E-state index is 12.5. The number of esters is 1. The molecule has 3 rings (SSSR count). The highest BCUT2D eigenvalue weighted by atomic mass is 32.2. The molecular weight excluding hydrogens is 442 g/mol. The number of carbonyl (C=O) groups excluding carboxylic acids is 2. The molecule has 0 bridgehead atoms. The van der Waals surface area contributed by atoms with Gasteiger partial charge in [0.05, 0.1) is 29.2 Å². The quantitative estimate of drug-likeness (QED) is 0.185. The van der Waals surface area contributed by atoms with Crippen LogP contribution in [0.3, 0.4) is 0 Å². The molecule has 0 fully saturated rings. The first-order valence-corrected chi connectivity index (χ1v) is 10.3. The number of ether oxygens (including phenoxy) is 1. The molecule has 0 aliphatic rings. The van der Waals surface area contributed by atoms with Crippen molar-refractivity contribution in [1.29, 1.82) is 5.26 Å². The lowest BCUT2D eigenvalue weighted by Gasteiger charge is -2.04. The van der Waals surface area contributed by atoms with Crippen molar-refractivity contribution < 1.29 is 19.2 Å². The lowest BCUT2D eigenvalue weighted by atomic mass is 10.1. The Bertz CT molecular complexity index is 1190. The van der Waals surface area contributed by atoms with Gasteiger partial charge in [0.1, 0.15) is 0 Å². The molecule has 1 amide bonds. The van der Waals surface area contributed by atoms with E-state index in [9.17, 15) is 19.7 Å². The molecule has 0 spiro atoms. The number of amides is 1. The summed E-state index contributed by atoms with van der Waals surface area (Å²) in [6.45, 7) is 0. The third-order valence-electron chi connectivity index (χ3n) is 3.88. The van der Waals surface area contributed by atoms with Crippen LogP contribution in [0.2, 0.25) is 0 Å². The van der Waals surface area contributed by atoms with Gasteiger partial charge in [-0.05, 0) is 23.8 Å². The number of hydrogen-bond donors (Lipinski definition) is 1. The van der Waals surface area contributed by atoms with Crippen molar-refractivity contribution in [2.24, 2.45) is 0 Å². The number of aromatic nitrogens is 2. The van der Waals surface area contributed by atoms with Gasteiger partial charge in [-0.25, -0.2) is 4.79 Å².